The number of thiocarbonyl (C=S) groups is 1. The van der Waals surface area contributed by atoms with Crippen molar-refractivity contribution in [1.82, 2.24) is 4.90 Å². The summed E-state index contributed by atoms with van der Waals surface area (Å²) in [4.78, 5) is 14.4. The van der Waals surface area contributed by atoms with Crippen molar-refractivity contribution in [2.24, 2.45) is 11.7 Å². The molecule has 1 heterocycles. The molecule has 1 fully saturated rings. The van der Waals surface area contributed by atoms with Gasteiger partial charge in [0, 0.05) is 19.0 Å². The molecule has 1 aromatic carbocycles. The zero-order valence-electron chi connectivity index (χ0n) is 10.2. The number of benzene rings is 1. The van der Waals surface area contributed by atoms with Crippen LogP contribution in [0.15, 0.2) is 18.2 Å². The lowest BCUT2D eigenvalue weighted by atomic mass is 9.97. The number of halogens is 2. The van der Waals surface area contributed by atoms with Crippen molar-refractivity contribution in [2.75, 3.05) is 13.1 Å². The van der Waals surface area contributed by atoms with Gasteiger partial charge in [0.1, 0.15) is 5.82 Å². The maximum atomic E-state index is 13.4. The van der Waals surface area contributed by atoms with Gasteiger partial charge in [0.05, 0.1) is 15.6 Å². The third kappa shape index (κ3) is 3.04. The Morgan fingerprint density at radius 2 is 2.26 bits per heavy atom. The molecule has 0 spiro atoms. The Bertz CT molecular complexity index is 523. The standard InChI is InChI=1S/C13H14ClFN2OS/c14-11-9(4-1-5-10(11)15)13(18)17-6-2-3-8(7-17)12(16)19/h1,4-5,8H,2-3,6-7H2,(H2,16,19). The van der Waals surface area contributed by atoms with Gasteiger partial charge in [0.2, 0.25) is 0 Å². The van der Waals surface area contributed by atoms with Gasteiger partial charge in [0.25, 0.3) is 5.91 Å². The van der Waals surface area contributed by atoms with Crippen molar-refractivity contribution >= 4 is 34.7 Å². The number of hydrogen-bond acceptors (Lipinski definition) is 2. The first kappa shape index (κ1) is 14.2. The lowest BCUT2D eigenvalue weighted by Gasteiger charge is -2.32. The van der Waals surface area contributed by atoms with Crippen molar-refractivity contribution in [3.63, 3.8) is 0 Å². The molecule has 1 aliphatic heterocycles. The number of rotatable bonds is 2. The third-order valence-electron chi connectivity index (χ3n) is 3.29. The lowest BCUT2D eigenvalue weighted by Crippen LogP contribution is -2.43. The number of nitrogens with zero attached hydrogens (tertiary/aromatic N) is 1. The van der Waals surface area contributed by atoms with E-state index in [0.717, 1.165) is 12.8 Å². The van der Waals surface area contributed by atoms with Gasteiger partial charge in [-0.3, -0.25) is 4.79 Å². The quantitative estimate of drug-likeness (QED) is 0.854. The highest BCUT2D eigenvalue weighted by atomic mass is 35.5. The summed E-state index contributed by atoms with van der Waals surface area (Å²) in [6.45, 7) is 1.09. The number of likely N-dealkylation sites (tertiary alicyclic amines) is 1. The number of carbonyl (C=O) groups excluding carboxylic acids is 1. The minimum atomic E-state index is -0.588. The summed E-state index contributed by atoms with van der Waals surface area (Å²) in [5.41, 5.74) is 5.82. The molecule has 3 nitrogen and oxygen atoms in total. The predicted octanol–water partition coefficient (Wildman–Crippen LogP) is 2.62. The van der Waals surface area contributed by atoms with Crippen LogP contribution < -0.4 is 5.73 Å². The van der Waals surface area contributed by atoms with Gasteiger partial charge in [-0.25, -0.2) is 4.39 Å². The van der Waals surface area contributed by atoms with E-state index in [1.807, 2.05) is 0 Å². The van der Waals surface area contributed by atoms with E-state index in [-0.39, 0.29) is 22.4 Å². The Kier molecular flexibility index (Phi) is 4.37. The second kappa shape index (κ2) is 5.84. The van der Waals surface area contributed by atoms with E-state index in [0.29, 0.717) is 18.1 Å². The number of piperidine rings is 1. The monoisotopic (exact) mass is 300 g/mol. The number of carbonyl (C=O) groups is 1. The second-order valence-electron chi connectivity index (χ2n) is 4.59. The molecule has 0 aromatic heterocycles. The van der Waals surface area contributed by atoms with Gasteiger partial charge < -0.3 is 10.6 Å². The number of amides is 1. The van der Waals surface area contributed by atoms with E-state index >= 15 is 0 Å². The Balaban J connectivity index is 2.19. The van der Waals surface area contributed by atoms with E-state index in [4.69, 9.17) is 29.6 Å². The van der Waals surface area contributed by atoms with E-state index in [9.17, 15) is 9.18 Å². The van der Waals surface area contributed by atoms with Crippen LogP contribution in [0.3, 0.4) is 0 Å². The molecular formula is C13H14ClFN2OS. The summed E-state index contributed by atoms with van der Waals surface area (Å²) < 4.78 is 13.4. The molecule has 19 heavy (non-hydrogen) atoms. The Morgan fingerprint density at radius 3 is 2.95 bits per heavy atom. The molecule has 1 unspecified atom stereocenters. The average Bonchev–Trinajstić information content (AvgIpc) is 2.41. The van der Waals surface area contributed by atoms with Crippen molar-refractivity contribution in [3.8, 4) is 0 Å². The third-order valence-corrected chi connectivity index (χ3v) is 4.01. The van der Waals surface area contributed by atoms with Gasteiger partial charge in [-0.1, -0.05) is 29.9 Å². The first-order chi connectivity index (χ1) is 9.00. The molecule has 0 radical (unpaired) electrons. The van der Waals surface area contributed by atoms with Crippen LogP contribution in [0.4, 0.5) is 4.39 Å². The Hall–Kier alpha value is -1.20. The molecule has 0 saturated carbocycles. The molecule has 6 heteroatoms. The first-order valence-corrected chi connectivity index (χ1v) is 6.82. The fourth-order valence-electron chi connectivity index (χ4n) is 2.23. The summed E-state index contributed by atoms with van der Waals surface area (Å²) in [6.07, 6.45) is 1.72. The van der Waals surface area contributed by atoms with Gasteiger partial charge in [-0.05, 0) is 25.0 Å². The van der Waals surface area contributed by atoms with Crippen LogP contribution in [0.2, 0.25) is 5.02 Å². The highest BCUT2D eigenvalue weighted by Gasteiger charge is 2.27. The van der Waals surface area contributed by atoms with Crippen LogP contribution in [-0.2, 0) is 0 Å². The SMILES string of the molecule is NC(=S)C1CCCN(C(=O)c2cccc(F)c2Cl)C1. The predicted molar refractivity (Wildman–Crippen MR) is 76.8 cm³/mol. The van der Waals surface area contributed by atoms with Crippen molar-refractivity contribution in [2.45, 2.75) is 12.8 Å². The van der Waals surface area contributed by atoms with Gasteiger partial charge in [-0.2, -0.15) is 0 Å². The van der Waals surface area contributed by atoms with E-state index in [1.165, 1.54) is 18.2 Å². The van der Waals surface area contributed by atoms with Crippen molar-refractivity contribution in [3.05, 3.63) is 34.6 Å². The molecule has 1 aliphatic rings. The molecule has 1 saturated heterocycles. The highest BCUT2D eigenvalue weighted by Crippen LogP contribution is 2.24. The van der Waals surface area contributed by atoms with E-state index < -0.39 is 5.82 Å². The minimum absolute atomic E-state index is 0.0278. The number of hydrogen-bond donors (Lipinski definition) is 1. The van der Waals surface area contributed by atoms with E-state index in [1.54, 1.807) is 4.90 Å². The smallest absolute Gasteiger partial charge is 0.255 e. The highest BCUT2D eigenvalue weighted by molar-refractivity contribution is 7.80. The second-order valence-corrected chi connectivity index (χ2v) is 5.44. The fraction of sp³-hybridized carbons (Fsp3) is 0.385. The normalized spacial score (nSPS) is 19.3. The lowest BCUT2D eigenvalue weighted by molar-refractivity contribution is 0.0703. The van der Waals surface area contributed by atoms with Crippen molar-refractivity contribution in [1.29, 1.82) is 0 Å². The molecule has 2 N–H and O–H groups in total. The van der Waals surface area contributed by atoms with Crippen LogP contribution in [0.25, 0.3) is 0 Å². The van der Waals surface area contributed by atoms with Gasteiger partial charge >= 0.3 is 0 Å². The maximum Gasteiger partial charge on any atom is 0.255 e. The molecule has 1 amide bonds. The molecular weight excluding hydrogens is 287 g/mol. The maximum absolute atomic E-state index is 13.4. The Morgan fingerprint density at radius 1 is 1.53 bits per heavy atom. The van der Waals surface area contributed by atoms with E-state index in [2.05, 4.69) is 0 Å². The van der Waals surface area contributed by atoms with Crippen LogP contribution in [0.5, 0.6) is 0 Å². The fourth-order valence-corrected chi connectivity index (χ4v) is 2.63. The summed E-state index contributed by atoms with van der Waals surface area (Å²) in [5.74, 6) is -0.832. The molecule has 0 aliphatic carbocycles. The molecule has 102 valence electrons. The zero-order chi connectivity index (χ0) is 14.0. The van der Waals surface area contributed by atoms with Gasteiger partial charge in [-0.15, -0.1) is 0 Å². The summed E-state index contributed by atoms with van der Waals surface area (Å²) in [5, 5.41) is -0.134. The number of nitrogens with two attached hydrogens (primary N) is 1. The van der Waals surface area contributed by atoms with Crippen LogP contribution in [0, 0.1) is 11.7 Å². The summed E-state index contributed by atoms with van der Waals surface area (Å²) >= 11 is 10.8. The minimum Gasteiger partial charge on any atom is -0.393 e. The molecule has 1 aromatic rings. The van der Waals surface area contributed by atoms with Crippen molar-refractivity contribution < 1.29 is 9.18 Å². The van der Waals surface area contributed by atoms with Crippen LogP contribution in [0.1, 0.15) is 23.2 Å². The van der Waals surface area contributed by atoms with Gasteiger partial charge in [0.15, 0.2) is 0 Å². The molecule has 2 rings (SSSR count). The molecule has 1 atom stereocenters. The largest absolute Gasteiger partial charge is 0.393 e. The first-order valence-electron chi connectivity index (χ1n) is 6.03. The molecule has 0 bridgehead atoms. The zero-order valence-corrected chi connectivity index (χ0v) is 11.8. The summed E-state index contributed by atoms with van der Waals surface area (Å²) in [6, 6.07) is 4.23. The topological polar surface area (TPSA) is 46.3 Å². The van der Waals surface area contributed by atoms with Crippen LogP contribution in [-0.4, -0.2) is 28.9 Å². The Labute approximate surface area is 121 Å². The van der Waals surface area contributed by atoms with Crippen LogP contribution >= 0.6 is 23.8 Å². The summed E-state index contributed by atoms with van der Waals surface area (Å²) in [7, 11) is 0. The average molecular weight is 301 g/mol.